The van der Waals surface area contributed by atoms with E-state index < -0.39 is 0 Å². The summed E-state index contributed by atoms with van der Waals surface area (Å²) in [6, 6.07) is 6.25. The van der Waals surface area contributed by atoms with Crippen LogP contribution in [0, 0.1) is 0 Å². The Balaban J connectivity index is 2.05. The van der Waals surface area contributed by atoms with Crippen LogP contribution in [0.4, 0.5) is 0 Å². The van der Waals surface area contributed by atoms with Crippen molar-refractivity contribution in [2.75, 3.05) is 39.3 Å². The van der Waals surface area contributed by atoms with Crippen LogP contribution in [0.15, 0.2) is 22.7 Å². The van der Waals surface area contributed by atoms with Gasteiger partial charge < -0.3 is 10.6 Å². The summed E-state index contributed by atoms with van der Waals surface area (Å²) in [6.07, 6.45) is 1.23. The lowest BCUT2D eigenvalue weighted by molar-refractivity contribution is 0.0983. The lowest BCUT2D eigenvalue weighted by Gasteiger charge is -2.39. The Morgan fingerprint density at radius 1 is 1.30 bits per heavy atom. The predicted octanol–water partition coefficient (Wildman–Crippen LogP) is 3.13. The number of piperazine rings is 1. The molecular weight excluding hydrogens is 338 g/mol. The van der Waals surface area contributed by atoms with Crippen molar-refractivity contribution < 1.29 is 0 Å². The molecule has 1 fully saturated rings. The van der Waals surface area contributed by atoms with Crippen molar-refractivity contribution in [2.24, 2.45) is 5.73 Å². The molecular formula is C15H23BrClN3. The Morgan fingerprint density at radius 3 is 2.55 bits per heavy atom. The lowest BCUT2D eigenvalue weighted by Crippen LogP contribution is -2.49. The molecule has 2 rings (SSSR count). The van der Waals surface area contributed by atoms with E-state index in [0.717, 1.165) is 35.7 Å². The summed E-state index contributed by atoms with van der Waals surface area (Å²) >= 11 is 9.64. The van der Waals surface area contributed by atoms with E-state index in [1.54, 1.807) is 0 Å². The second kappa shape index (κ2) is 7.76. The van der Waals surface area contributed by atoms with Crippen LogP contribution in [0.25, 0.3) is 0 Å². The summed E-state index contributed by atoms with van der Waals surface area (Å²) in [5.74, 6) is 0. The molecule has 1 saturated heterocycles. The Morgan fingerprint density at radius 2 is 2.00 bits per heavy atom. The van der Waals surface area contributed by atoms with Crippen LogP contribution < -0.4 is 5.73 Å². The van der Waals surface area contributed by atoms with Crippen LogP contribution in [0.2, 0.25) is 5.02 Å². The van der Waals surface area contributed by atoms with E-state index in [1.807, 2.05) is 12.1 Å². The molecule has 1 unspecified atom stereocenters. The van der Waals surface area contributed by atoms with Gasteiger partial charge in [-0.15, -0.1) is 0 Å². The van der Waals surface area contributed by atoms with Gasteiger partial charge in [-0.2, -0.15) is 0 Å². The Hall–Kier alpha value is -0.130. The van der Waals surface area contributed by atoms with Crippen molar-refractivity contribution in [1.29, 1.82) is 0 Å². The number of nitrogens with zero attached hydrogens (tertiary/aromatic N) is 2. The van der Waals surface area contributed by atoms with Gasteiger partial charge in [0.1, 0.15) is 0 Å². The Kier molecular flexibility index (Phi) is 6.30. The number of hydrogen-bond donors (Lipinski definition) is 1. The van der Waals surface area contributed by atoms with Crippen molar-refractivity contribution in [1.82, 2.24) is 9.80 Å². The number of halogens is 2. The number of hydrogen-bond acceptors (Lipinski definition) is 3. The molecule has 0 saturated carbocycles. The van der Waals surface area contributed by atoms with E-state index in [9.17, 15) is 0 Å². The summed E-state index contributed by atoms with van der Waals surface area (Å²) < 4.78 is 1.05. The molecule has 0 spiro atoms. The third-order valence-electron chi connectivity index (χ3n) is 3.93. The molecule has 3 nitrogen and oxygen atoms in total. The van der Waals surface area contributed by atoms with Crippen molar-refractivity contribution in [3.63, 3.8) is 0 Å². The van der Waals surface area contributed by atoms with Crippen molar-refractivity contribution in [3.8, 4) is 0 Å². The zero-order chi connectivity index (χ0) is 14.5. The minimum atomic E-state index is 0.269. The van der Waals surface area contributed by atoms with Crippen LogP contribution in [-0.2, 0) is 0 Å². The highest BCUT2D eigenvalue weighted by Crippen LogP contribution is 2.30. The first-order valence-electron chi connectivity index (χ1n) is 7.27. The minimum Gasteiger partial charge on any atom is -0.329 e. The molecule has 1 atom stereocenters. The van der Waals surface area contributed by atoms with Crippen molar-refractivity contribution in [3.05, 3.63) is 33.3 Å². The molecule has 112 valence electrons. The van der Waals surface area contributed by atoms with E-state index in [0.29, 0.717) is 6.54 Å². The summed E-state index contributed by atoms with van der Waals surface area (Å²) in [6.45, 7) is 8.50. The fraction of sp³-hybridized carbons (Fsp3) is 0.600. The molecule has 1 aromatic carbocycles. The number of rotatable bonds is 5. The van der Waals surface area contributed by atoms with Gasteiger partial charge in [0, 0.05) is 48.3 Å². The number of benzene rings is 1. The van der Waals surface area contributed by atoms with Crippen LogP contribution in [0.3, 0.4) is 0 Å². The van der Waals surface area contributed by atoms with E-state index in [4.69, 9.17) is 17.3 Å². The van der Waals surface area contributed by atoms with Gasteiger partial charge >= 0.3 is 0 Å². The van der Waals surface area contributed by atoms with Gasteiger partial charge in [0.25, 0.3) is 0 Å². The monoisotopic (exact) mass is 359 g/mol. The fourth-order valence-corrected chi connectivity index (χ4v) is 3.81. The molecule has 0 aromatic heterocycles. The first-order valence-corrected chi connectivity index (χ1v) is 8.44. The van der Waals surface area contributed by atoms with Crippen LogP contribution in [0.5, 0.6) is 0 Å². The third-order valence-corrected chi connectivity index (χ3v) is 4.85. The molecule has 1 heterocycles. The molecule has 1 aliphatic heterocycles. The van der Waals surface area contributed by atoms with Gasteiger partial charge in [0.15, 0.2) is 0 Å². The molecule has 1 aliphatic rings. The minimum absolute atomic E-state index is 0.269. The summed E-state index contributed by atoms with van der Waals surface area (Å²) in [7, 11) is 0. The standard InChI is InChI=1S/C15H23BrClN3/c1-2-5-19-6-8-20(9-7-19)15(11-18)13-4-3-12(17)10-14(13)16/h3-4,10,15H,2,5-9,11,18H2,1H3. The predicted molar refractivity (Wildman–Crippen MR) is 89.3 cm³/mol. The zero-order valence-electron chi connectivity index (χ0n) is 12.0. The smallest absolute Gasteiger partial charge is 0.0482 e. The Labute approximate surface area is 135 Å². The average Bonchev–Trinajstić information content (AvgIpc) is 2.44. The SMILES string of the molecule is CCCN1CCN(C(CN)c2ccc(Cl)cc2Br)CC1. The van der Waals surface area contributed by atoms with Gasteiger partial charge in [0.05, 0.1) is 0 Å². The van der Waals surface area contributed by atoms with E-state index in [2.05, 4.69) is 38.7 Å². The molecule has 5 heteroatoms. The van der Waals surface area contributed by atoms with Gasteiger partial charge in [0.2, 0.25) is 0 Å². The van der Waals surface area contributed by atoms with Gasteiger partial charge in [-0.05, 0) is 30.7 Å². The largest absolute Gasteiger partial charge is 0.329 e. The maximum atomic E-state index is 6.03. The topological polar surface area (TPSA) is 32.5 Å². The van der Waals surface area contributed by atoms with Gasteiger partial charge in [-0.1, -0.05) is 40.5 Å². The maximum Gasteiger partial charge on any atom is 0.0482 e. The second-order valence-electron chi connectivity index (χ2n) is 5.29. The van der Waals surface area contributed by atoms with Crippen LogP contribution in [-0.4, -0.2) is 49.1 Å². The van der Waals surface area contributed by atoms with E-state index in [-0.39, 0.29) is 6.04 Å². The first kappa shape index (κ1) is 16.2. The highest BCUT2D eigenvalue weighted by atomic mass is 79.9. The lowest BCUT2D eigenvalue weighted by atomic mass is 10.0. The molecule has 0 aliphatic carbocycles. The Bertz CT molecular complexity index is 433. The molecule has 0 amide bonds. The maximum absolute atomic E-state index is 6.03. The third kappa shape index (κ3) is 3.95. The average molecular weight is 361 g/mol. The molecule has 0 bridgehead atoms. The quantitative estimate of drug-likeness (QED) is 0.875. The van der Waals surface area contributed by atoms with Crippen molar-refractivity contribution >= 4 is 27.5 Å². The zero-order valence-corrected chi connectivity index (χ0v) is 14.3. The summed E-state index contributed by atoms with van der Waals surface area (Å²) in [5.41, 5.74) is 7.26. The highest BCUT2D eigenvalue weighted by molar-refractivity contribution is 9.10. The van der Waals surface area contributed by atoms with Gasteiger partial charge in [-0.25, -0.2) is 0 Å². The van der Waals surface area contributed by atoms with Crippen LogP contribution in [0.1, 0.15) is 24.9 Å². The summed E-state index contributed by atoms with van der Waals surface area (Å²) in [4.78, 5) is 5.02. The first-order chi connectivity index (χ1) is 9.65. The molecule has 2 N–H and O–H groups in total. The fourth-order valence-electron chi connectivity index (χ4n) is 2.86. The van der Waals surface area contributed by atoms with E-state index >= 15 is 0 Å². The normalized spacial score (nSPS) is 19.2. The summed E-state index contributed by atoms with van der Waals surface area (Å²) in [5, 5.41) is 0.754. The highest BCUT2D eigenvalue weighted by Gasteiger charge is 2.25. The van der Waals surface area contributed by atoms with Crippen LogP contribution >= 0.6 is 27.5 Å². The molecule has 20 heavy (non-hydrogen) atoms. The van der Waals surface area contributed by atoms with E-state index in [1.165, 1.54) is 18.5 Å². The number of nitrogens with two attached hydrogens (primary N) is 1. The molecule has 0 radical (unpaired) electrons. The van der Waals surface area contributed by atoms with Gasteiger partial charge in [-0.3, -0.25) is 4.90 Å². The molecule has 1 aromatic rings. The van der Waals surface area contributed by atoms with Crippen molar-refractivity contribution in [2.45, 2.75) is 19.4 Å². The second-order valence-corrected chi connectivity index (χ2v) is 6.59.